The van der Waals surface area contributed by atoms with Crippen molar-refractivity contribution >= 4 is 39.2 Å². The summed E-state index contributed by atoms with van der Waals surface area (Å²) in [7, 11) is 0. The van der Waals surface area contributed by atoms with Gasteiger partial charge in [-0.2, -0.15) is 0 Å². The van der Waals surface area contributed by atoms with E-state index in [1.54, 1.807) is 12.1 Å². The van der Waals surface area contributed by atoms with Crippen molar-refractivity contribution in [2.24, 2.45) is 5.92 Å². The fourth-order valence-electron chi connectivity index (χ4n) is 1.60. The van der Waals surface area contributed by atoms with E-state index < -0.39 is 0 Å². The Morgan fingerprint density at radius 1 is 1.14 bits per heavy atom. The highest BCUT2D eigenvalue weighted by atomic mass is 79.9. The first kappa shape index (κ1) is 15.4. The number of aromatic nitrogens is 2. The molecule has 0 unspecified atom stereocenters. The van der Waals surface area contributed by atoms with Crippen LogP contribution >= 0.6 is 15.9 Å². The second-order valence-corrected chi connectivity index (χ2v) is 5.91. The third kappa shape index (κ3) is 4.26. The largest absolute Gasteiger partial charge is 0.338 e. The van der Waals surface area contributed by atoms with Gasteiger partial charge >= 0.3 is 0 Å². The average molecular weight is 349 g/mol. The lowest BCUT2D eigenvalue weighted by atomic mass is 10.2. The maximum Gasteiger partial charge on any atom is 0.228 e. The molecule has 1 amide bonds. The van der Waals surface area contributed by atoms with Crippen LogP contribution < -0.4 is 10.6 Å². The lowest BCUT2D eigenvalue weighted by Crippen LogP contribution is -2.18. The summed E-state index contributed by atoms with van der Waals surface area (Å²) in [6, 6.07) is 9.49. The molecule has 1 heterocycles. The summed E-state index contributed by atoms with van der Waals surface area (Å²) < 4.78 is 0.960. The van der Waals surface area contributed by atoms with Crippen LogP contribution in [0.3, 0.4) is 0 Å². The zero-order chi connectivity index (χ0) is 15.4. The smallest absolute Gasteiger partial charge is 0.228 e. The minimum Gasteiger partial charge on any atom is -0.338 e. The zero-order valence-electron chi connectivity index (χ0n) is 12.1. The van der Waals surface area contributed by atoms with Gasteiger partial charge in [-0.1, -0.05) is 19.9 Å². The molecule has 0 spiro atoms. The topological polar surface area (TPSA) is 66.9 Å². The number of carbonyl (C=O) groups is 1. The van der Waals surface area contributed by atoms with Gasteiger partial charge in [0.05, 0.1) is 5.69 Å². The van der Waals surface area contributed by atoms with Crippen LogP contribution in [0.2, 0.25) is 0 Å². The molecule has 0 bridgehead atoms. The summed E-state index contributed by atoms with van der Waals surface area (Å²) in [6.07, 6.45) is 0. The van der Waals surface area contributed by atoms with Gasteiger partial charge in [-0.25, -0.2) is 0 Å². The predicted octanol–water partition coefficient (Wildman–Crippen LogP) is 3.89. The van der Waals surface area contributed by atoms with Gasteiger partial charge in [-0.05, 0) is 52.7 Å². The van der Waals surface area contributed by atoms with Crippen molar-refractivity contribution in [3.05, 3.63) is 40.4 Å². The van der Waals surface area contributed by atoms with Crippen molar-refractivity contribution in [2.45, 2.75) is 20.8 Å². The van der Waals surface area contributed by atoms with E-state index in [1.165, 1.54) is 5.56 Å². The maximum absolute atomic E-state index is 11.6. The maximum atomic E-state index is 11.6. The molecule has 0 saturated heterocycles. The number of anilines is 3. The minimum atomic E-state index is -0.0897. The Kier molecular flexibility index (Phi) is 4.90. The van der Waals surface area contributed by atoms with E-state index in [2.05, 4.69) is 36.8 Å². The van der Waals surface area contributed by atoms with E-state index in [-0.39, 0.29) is 11.8 Å². The average Bonchev–Trinajstić information content (AvgIpc) is 2.43. The van der Waals surface area contributed by atoms with E-state index >= 15 is 0 Å². The Morgan fingerprint density at radius 3 is 2.38 bits per heavy atom. The van der Waals surface area contributed by atoms with Gasteiger partial charge in [0.1, 0.15) is 0 Å². The lowest BCUT2D eigenvalue weighted by molar-refractivity contribution is -0.118. The first-order valence-electron chi connectivity index (χ1n) is 6.63. The van der Waals surface area contributed by atoms with E-state index in [4.69, 9.17) is 0 Å². The predicted molar refractivity (Wildman–Crippen MR) is 87.7 cm³/mol. The van der Waals surface area contributed by atoms with E-state index in [1.807, 2.05) is 39.0 Å². The van der Waals surface area contributed by atoms with Crippen LogP contribution in [0.4, 0.5) is 17.3 Å². The van der Waals surface area contributed by atoms with E-state index in [0.717, 1.165) is 10.2 Å². The second-order valence-electron chi connectivity index (χ2n) is 5.06. The number of nitrogens with zero attached hydrogens (tertiary/aromatic N) is 2. The number of rotatable bonds is 4. The molecule has 0 saturated carbocycles. The van der Waals surface area contributed by atoms with Gasteiger partial charge in [0.25, 0.3) is 0 Å². The van der Waals surface area contributed by atoms with Crippen LogP contribution in [-0.4, -0.2) is 16.1 Å². The van der Waals surface area contributed by atoms with Crippen molar-refractivity contribution < 1.29 is 4.79 Å². The van der Waals surface area contributed by atoms with Gasteiger partial charge in [0.2, 0.25) is 5.91 Å². The van der Waals surface area contributed by atoms with Crippen molar-refractivity contribution in [3.63, 3.8) is 0 Å². The Morgan fingerprint density at radius 2 is 1.81 bits per heavy atom. The Labute approximate surface area is 132 Å². The van der Waals surface area contributed by atoms with Crippen LogP contribution in [-0.2, 0) is 4.79 Å². The van der Waals surface area contributed by atoms with Crippen molar-refractivity contribution in [1.29, 1.82) is 0 Å². The quantitative estimate of drug-likeness (QED) is 0.879. The Balaban J connectivity index is 2.07. The summed E-state index contributed by atoms with van der Waals surface area (Å²) in [5.74, 6) is 0.892. The SMILES string of the molecule is Cc1ccc(Nc2ccc(NC(=O)C(C)C)nn2)c(Br)c1. The van der Waals surface area contributed by atoms with E-state index in [0.29, 0.717) is 11.6 Å². The first-order valence-corrected chi connectivity index (χ1v) is 7.43. The molecule has 0 radical (unpaired) electrons. The van der Waals surface area contributed by atoms with Crippen molar-refractivity contribution in [1.82, 2.24) is 10.2 Å². The minimum absolute atomic E-state index is 0.0775. The highest BCUT2D eigenvalue weighted by molar-refractivity contribution is 9.10. The molecule has 0 aliphatic rings. The number of benzene rings is 1. The Hall–Kier alpha value is -1.95. The lowest BCUT2D eigenvalue weighted by Gasteiger charge is -2.09. The number of carbonyl (C=O) groups excluding carboxylic acids is 1. The number of aryl methyl sites for hydroxylation is 1. The monoisotopic (exact) mass is 348 g/mol. The number of amides is 1. The Bertz CT molecular complexity index is 641. The molecular formula is C15H17BrN4O. The summed E-state index contributed by atoms with van der Waals surface area (Å²) in [4.78, 5) is 11.6. The van der Waals surface area contributed by atoms with Gasteiger partial charge in [0, 0.05) is 10.4 Å². The highest BCUT2D eigenvalue weighted by Crippen LogP contribution is 2.26. The molecule has 110 valence electrons. The van der Waals surface area contributed by atoms with Crippen molar-refractivity contribution in [3.8, 4) is 0 Å². The molecule has 0 aliphatic carbocycles. The molecule has 1 aromatic heterocycles. The van der Waals surface area contributed by atoms with Gasteiger partial charge < -0.3 is 10.6 Å². The fraction of sp³-hybridized carbons (Fsp3) is 0.267. The molecule has 6 heteroatoms. The fourth-order valence-corrected chi connectivity index (χ4v) is 2.19. The summed E-state index contributed by atoms with van der Waals surface area (Å²) >= 11 is 3.50. The van der Waals surface area contributed by atoms with Crippen LogP contribution in [0.15, 0.2) is 34.8 Å². The molecule has 0 aliphatic heterocycles. The van der Waals surface area contributed by atoms with Gasteiger partial charge in [0.15, 0.2) is 11.6 Å². The van der Waals surface area contributed by atoms with Crippen LogP contribution in [0.1, 0.15) is 19.4 Å². The zero-order valence-corrected chi connectivity index (χ0v) is 13.7. The third-order valence-corrected chi connectivity index (χ3v) is 3.48. The molecule has 2 aromatic rings. The first-order chi connectivity index (χ1) is 9.95. The van der Waals surface area contributed by atoms with Crippen LogP contribution in [0.5, 0.6) is 0 Å². The summed E-state index contributed by atoms with van der Waals surface area (Å²) in [6.45, 7) is 5.68. The highest BCUT2D eigenvalue weighted by Gasteiger charge is 2.08. The standard InChI is InChI=1S/C15H17BrN4O/c1-9(2)15(21)18-14-7-6-13(19-20-14)17-12-5-4-10(3)8-11(12)16/h4-9H,1-3H3,(H,17,19)(H,18,20,21). The molecule has 2 N–H and O–H groups in total. The number of halogens is 1. The van der Waals surface area contributed by atoms with Gasteiger partial charge in [-0.15, -0.1) is 10.2 Å². The number of hydrogen-bond donors (Lipinski definition) is 2. The van der Waals surface area contributed by atoms with Gasteiger partial charge in [-0.3, -0.25) is 4.79 Å². The third-order valence-electron chi connectivity index (χ3n) is 2.83. The van der Waals surface area contributed by atoms with Crippen LogP contribution in [0, 0.1) is 12.8 Å². The molecule has 1 aromatic carbocycles. The molecule has 0 atom stereocenters. The molecule has 21 heavy (non-hydrogen) atoms. The summed E-state index contributed by atoms with van der Waals surface area (Å²) in [5.41, 5.74) is 2.08. The summed E-state index contributed by atoms with van der Waals surface area (Å²) in [5, 5.41) is 13.9. The number of hydrogen-bond acceptors (Lipinski definition) is 4. The normalized spacial score (nSPS) is 10.5. The molecule has 2 rings (SSSR count). The second kappa shape index (κ2) is 6.67. The molecule has 5 nitrogen and oxygen atoms in total. The molecular weight excluding hydrogens is 332 g/mol. The van der Waals surface area contributed by atoms with Crippen molar-refractivity contribution in [2.75, 3.05) is 10.6 Å². The molecule has 0 fully saturated rings. The van der Waals surface area contributed by atoms with E-state index in [9.17, 15) is 4.79 Å². The number of nitrogens with one attached hydrogen (secondary N) is 2. The van der Waals surface area contributed by atoms with Crippen LogP contribution in [0.25, 0.3) is 0 Å².